The molecule has 0 aliphatic carbocycles. The fraction of sp³-hybridized carbons (Fsp3) is 0.421. The van der Waals surface area contributed by atoms with E-state index in [2.05, 4.69) is 20.9 Å². The van der Waals surface area contributed by atoms with Crippen molar-refractivity contribution in [3.8, 4) is 0 Å². The molecule has 0 unspecified atom stereocenters. The van der Waals surface area contributed by atoms with Crippen LogP contribution in [-0.2, 0) is 16.0 Å². The van der Waals surface area contributed by atoms with E-state index in [-0.39, 0.29) is 18.2 Å². The Balaban J connectivity index is 1.37. The first-order valence-corrected chi connectivity index (χ1v) is 9.79. The summed E-state index contributed by atoms with van der Waals surface area (Å²) in [6.45, 7) is 2.39. The number of amides is 2. The molecule has 0 saturated carbocycles. The van der Waals surface area contributed by atoms with Gasteiger partial charge in [0, 0.05) is 24.0 Å². The summed E-state index contributed by atoms with van der Waals surface area (Å²) >= 11 is 1.55. The van der Waals surface area contributed by atoms with Crippen LogP contribution >= 0.6 is 11.3 Å². The topological polar surface area (TPSA) is 83.1 Å². The predicted octanol–water partition coefficient (Wildman–Crippen LogP) is 2.30. The molecular weight excluding hydrogens is 348 g/mol. The van der Waals surface area contributed by atoms with Crippen LogP contribution in [0.5, 0.6) is 0 Å². The summed E-state index contributed by atoms with van der Waals surface area (Å²) in [7, 11) is 0. The van der Waals surface area contributed by atoms with E-state index in [1.807, 2.05) is 36.5 Å². The minimum Gasteiger partial charge on any atom is -0.355 e. The number of nitrogens with one attached hydrogen (secondary N) is 3. The highest BCUT2D eigenvalue weighted by Crippen LogP contribution is 2.31. The highest BCUT2D eigenvalue weighted by Gasteiger charge is 2.18. The highest BCUT2D eigenvalue weighted by molar-refractivity contribution is 7.15. The second kappa shape index (κ2) is 9.45. The summed E-state index contributed by atoms with van der Waals surface area (Å²) in [5.41, 5.74) is 0.961. The predicted molar refractivity (Wildman–Crippen MR) is 103 cm³/mol. The number of anilines is 1. The summed E-state index contributed by atoms with van der Waals surface area (Å²) in [5.74, 6) is 0.333. The zero-order valence-electron chi connectivity index (χ0n) is 14.7. The van der Waals surface area contributed by atoms with Gasteiger partial charge in [-0.25, -0.2) is 4.98 Å². The Morgan fingerprint density at radius 2 is 1.92 bits per heavy atom. The van der Waals surface area contributed by atoms with Crippen molar-refractivity contribution in [2.45, 2.75) is 31.6 Å². The molecular formula is C19H24N4O2S. The number of nitrogens with zero attached hydrogens (tertiary/aromatic N) is 1. The molecule has 1 aromatic carbocycles. The second-order valence-electron chi connectivity index (χ2n) is 6.40. The number of hydrogen-bond donors (Lipinski definition) is 3. The van der Waals surface area contributed by atoms with Gasteiger partial charge in [-0.15, -0.1) is 11.3 Å². The normalized spacial score (nSPS) is 14.8. The molecule has 0 radical (unpaired) electrons. The van der Waals surface area contributed by atoms with Gasteiger partial charge in [0.2, 0.25) is 11.8 Å². The summed E-state index contributed by atoms with van der Waals surface area (Å²) in [6.07, 6.45) is 4.67. The molecule has 0 atom stereocenters. The minimum absolute atomic E-state index is 0.0774. The van der Waals surface area contributed by atoms with E-state index in [0.29, 0.717) is 24.0 Å². The highest BCUT2D eigenvalue weighted by atomic mass is 32.1. The van der Waals surface area contributed by atoms with E-state index in [1.54, 1.807) is 11.3 Å². The van der Waals surface area contributed by atoms with Crippen LogP contribution in [0.1, 0.15) is 35.6 Å². The monoisotopic (exact) mass is 372 g/mol. The molecule has 2 heterocycles. The third-order valence-electron chi connectivity index (χ3n) is 4.39. The lowest BCUT2D eigenvalue weighted by molar-refractivity contribution is -0.120. The van der Waals surface area contributed by atoms with E-state index in [4.69, 9.17) is 0 Å². The molecule has 0 spiro atoms. The number of thiazole rings is 1. The van der Waals surface area contributed by atoms with Crippen molar-refractivity contribution in [1.82, 2.24) is 15.6 Å². The van der Waals surface area contributed by atoms with Gasteiger partial charge in [0.25, 0.3) is 0 Å². The zero-order chi connectivity index (χ0) is 18.2. The van der Waals surface area contributed by atoms with E-state index in [1.165, 1.54) is 4.88 Å². The Morgan fingerprint density at radius 3 is 2.69 bits per heavy atom. The van der Waals surface area contributed by atoms with E-state index in [0.717, 1.165) is 31.5 Å². The molecule has 1 aliphatic rings. The van der Waals surface area contributed by atoms with Crippen molar-refractivity contribution in [2.24, 2.45) is 0 Å². The van der Waals surface area contributed by atoms with Crippen molar-refractivity contribution in [3.05, 3.63) is 47.0 Å². The first kappa shape index (κ1) is 18.5. The van der Waals surface area contributed by atoms with Crippen LogP contribution in [0.3, 0.4) is 0 Å². The Kier molecular flexibility index (Phi) is 6.74. The van der Waals surface area contributed by atoms with Gasteiger partial charge in [0.15, 0.2) is 5.13 Å². The van der Waals surface area contributed by atoms with E-state index >= 15 is 0 Å². The van der Waals surface area contributed by atoms with Crippen LogP contribution in [0, 0.1) is 0 Å². The molecule has 6 nitrogen and oxygen atoms in total. The van der Waals surface area contributed by atoms with E-state index < -0.39 is 0 Å². The van der Waals surface area contributed by atoms with Crippen LogP contribution in [0.25, 0.3) is 0 Å². The van der Waals surface area contributed by atoms with Gasteiger partial charge in [0.05, 0.1) is 6.42 Å². The summed E-state index contributed by atoms with van der Waals surface area (Å²) < 4.78 is 0. The number of aromatic nitrogens is 1. The lowest BCUT2D eigenvalue weighted by Crippen LogP contribution is -2.28. The van der Waals surface area contributed by atoms with Crippen molar-refractivity contribution < 1.29 is 9.59 Å². The van der Waals surface area contributed by atoms with Gasteiger partial charge >= 0.3 is 0 Å². The van der Waals surface area contributed by atoms with Gasteiger partial charge < -0.3 is 16.0 Å². The number of carbonyl (C=O) groups excluding carboxylic acids is 2. The number of carbonyl (C=O) groups is 2. The van der Waals surface area contributed by atoms with Crippen LogP contribution < -0.4 is 16.0 Å². The summed E-state index contributed by atoms with van der Waals surface area (Å²) in [6, 6.07) is 9.55. The number of benzene rings is 1. The Morgan fingerprint density at radius 1 is 1.15 bits per heavy atom. The fourth-order valence-corrected chi connectivity index (χ4v) is 3.98. The van der Waals surface area contributed by atoms with Gasteiger partial charge in [-0.2, -0.15) is 0 Å². The van der Waals surface area contributed by atoms with Crippen LogP contribution in [0.15, 0.2) is 36.5 Å². The molecule has 3 N–H and O–H groups in total. The zero-order valence-corrected chi connectivity index (χ0v) is 15.5. The summed E-state index contributed by atoms with van der Waals surface area (Å²) in [4.78, 5) is 29.4. The molecule has 2 amide bonds. The lowest BCUT2D eigenvalue weighted by atomic mass is 9.97. The first-order chi connectivity index (χ1) is 12.7. The van der Waals surface area contributed by atoms with Crippen LogP contribution in [0.4, 0.5) is 5.13 Å². The van der Waals surface area contributed by atoms with Gasteiger partial charge in [-0.1, -0.05) is 30.3 Å². The molecule has 1 aliphatic heterocycles. The molecule has 7 heteroatoms. The third-order valence-corrected chi connectivity index (χ3v) is 5.47. The maximum absolute atomic E-state index is 12.0. The standard InChI is InChI=1S/C19H24N4O2S/c24-17(8-11-21-18(25)12-14-4-2-1-3-5-14)23-19-22-13-16(26-19)15-6-9-20-10-7-15/h1-5,13,15,20H,6-12H2,(H,21,25)(H,22,23,24). The lowest BCUT2D eigenvalue weighted by Gasteiger charge is -2.20. The second-order valence-corrected chi connectivity index (χ2v) is 7.46. The fourth-order valence-electron chi connectivity index (χ4n) is 2.98. The van der Waals surface area contributed by atoms with E-state index in [9.17, 15) is 9.59 Å². The number of hydrogen-bond acceptors (Lipinski definition) is 5. The van der Waals surface area contributed by atoms with Crippen molar-refractivity contribution >= 4 is 28.3 Å². The minimum atomic E-state index is -0.128. The van der Waals surface area contributed by atoms with Gasteiger partial charge in [-0.05, 0) is 37.4 Å². The van der Waals surface area contributed by atoms with Crippen LogP contribution in [-0.4, -0.2) is 36.4 Å². The maximum atomic E-state index is 12.0. The quantitative estimate of drug-likeness (QED) is 0.696. The third kappa shape index (κ3) is 5.64. The largest absolute Gasteiger partial charge is 0.355 e. The molecule has 1 aromatic heterocycles. The Hall–Kier alpha value is -2.25. The Bertz CT molecular complexity index is 726. The maximum Gasteiger partial charge on any atom is 0.227 e. The average Bonchev–Trinajstić information content (AvgIpc) is 3.11. The molecule has 1 saturated heterocycles. The number of rotatable bonds is 7. The smallest absolute Gasteiger partial charge is 0.227 e. The van der Waals surface area contributed by atoms with Gasteiger partial charge in [-0.3, -0.25) is 9.59 Å². The van der Waals surface area contributed by atoms with Crippen molar-refractivity contribution in [1.29, 1.82) is 0 Å². The van der Waals surface area contributed by atoms with Crippen molar-refractivity contribution in [2.75, 3.05) is 25.0 Å². The molecule has 138 valence electrons. The Labute approximate surface area is 157 Å². The molecule has 1 fully saturated rings. The van der Waals surface area contributed by atoms with Crippen molar-refractivity contribution in [3.63, 3.8) is 0 Å². The number of piperidine rings is 1. The molecule has 0 bridgehead atoms. The molecule has 3 rings (SSSR count). The first-order valence-electron chi connectivity index (χ1n) is 8.97. The molecule has 26 heavy (non-hydrogen) atoms. The van der Waals surface area contributed by atoms with Gasteiger partial charge in [0.1, 0.15) is 0 Å². The van der Waals surface area contributed by atoms with Crippen LogP contribution in [0.2, 0.25) is 0 Å². The molecule has 2 aromatic rings. The SMILES string of the molecule is O=C(Cc1ccccc1)NCCC(=O)Nc1ncc(C2CCNCC2)s1. The average molecular weight is 372 g/mol. The summed E-state index contributed by atoms with van der Waals surface area (Å²) in [5, 5.41) is 9.60.